The number of allylic oxidation sites excluding steroid dienone is 2. The molecule has 0 saturated heterocycles. The van der Waals surface area contributed by atoms with E-state index in [9.17, 15) is 30.0 Å². The van der Waals surface area contributed by atoms with Gasteiger partial charge in [-0.2, -0.15) is 0 Å². The molecule has 4 aliphatic carbocycles. The fourth-order valence-corrected chi connectivity index (χ4v) is 6.90. The Balaban J connectivity index is 1.87. The SMILES string of the molecule is C/C=C(\C)C(=O)OCC1=C[C@@H]2C(=O)C3(C=C(C)[C@H](O)[C@@]3(O)[C@@H]1O)C(C)C[C@]1(O)[C@H]2C1(C)C. The molecule has 4 rings (SSSR count). The van der Waals surface area contributed by atoms with Gasteiger partial charge in [-0.05, 0) is 44.3 Å². The minimum Gasteiger partial charge on any atom is -0.458 e. The summed E-state index contributed by atoms with van der Waals surface area (Å²) in [6.07, 6.45) is 1.91. The molecule has 4 N–H and O–H groups in total. The van der Waals surface area contributed by atoms with E-state index in [0.29, 0.717) is 11.1 Å². The molecule has 0 heterocycles. The molecule has 2 saturated carbocycles. The molecule has 1 spiro atoms. The monoisotopic (exact) mass is 446 g/mol. The number of esters is 1. The second-order valence-corrected chi connectivity index (χ2v) is 10.8. The number of carbonyl (C=O) groups excluding carboxylic acids is 2. The van der Waals surface area contributed by atoms with Crippen LogP contribution in [0.3, 0.4) is 0 Å². The predicted molar refractivity (Wildman–Crippen MR) is 116 cm³/mol. The van der Waals surface area contributed by atoms with Crippen LogP contribution in [0.1, 0.15) is 48.0 Å². The molecule has 0 aromatic carbocycles. The van der Waals surface area contributed by atoms with Gasteiger partial charge in [0.25, 0.3) is 0 Å². The van der Waals surface area contributed by atoms with Crippen LogP contribution in [-0.4, -0.2) is 62.2 Å². The molecular weight excluding hydrogens is 412 g/mol. The number of carbonyl (C=O) groups is 2. The van der Waals surface area contributed by atoms with Crippen LogP contribution in [0.25, 0.3) is 0 Å². The molecule has 8 atom stereocenters. The molecule has 7 heteroatoms. The Kier molecular flexibility index (Phi) is 5.00. The largest absolute Gasteiger partial charge is 0.458 e. The van der Waals surface area contributed by atoms with Crippen molar-refractivity contribution in [2.75, 3.05) is 6.61 Å². The third-order valence-electron chi connectivity index (χ3n) is 9.04. The number of Topliss-reactive ketones (excluding diaryl/α,β-unsaturated/α-hetero) is 1. The van der Waals surface area contributed by atoms with Crippen LogP contribution >= 0.6 is 0 Å². The molecule has 0 amide bonds. The first-order valence-corrected chi connectivity index (χ1v) is 11.3. The third-order valence-corrected chi connectivity index (χ3v) is 9.04. The highest BCUT2D eigenvalue weighted by Gasteiger charge is 2.81. The topological polar surface area (TPSA) is 124 Å². The van der Waals surface area contributed by atoms with Gasteiger partial charge >= 0.3 is 5.97 Å². The zero-order valence-corrected chi connectivity index (χ0v) is 19.5. The molecule has 2 fully saturated rings. The summed E-state index contributed by atoms with van der Waals surface area (Å²) < 4.78 is 5.36. The Hall–Kier alpha value is -1.80. The van der Waals surface area contributed by atoms with Crippen molar-refractivity contribution in [3.8, 4) is 0 Å². The molecule has 4 aliphatic rings. The van der Waals surface area contributed by atoms with Gasteiger partial charge in [0, 0.05) is 22.8 Å². The minimum absolute atomic E-state index is 0.159. The standard InChI is InChI=1S/C25H34O7/c1-7-12(2)21(29)32-11-15-8-16-17-22(5,6)24(17,30)10-14(4)23(20(16)28)9-13(3)18(26)25(23,31)19(15)27/h7-9,14,16-19,26-27,30-31H,10-11H2,1-6H3/b12-7+/t14?,16-,17+,18-,19+,23?,24-,25+/m0/s1. The number of hydrogen-bond donors (Lipinski definition) is 4. The first-order chi connectivity index (χ1) is 14.7. The summed E-state index contributed by atoms with van der Waals surface area (Å²) in [5.41, 5.74) is -4.50. The zero-order chi connectivity index (χ0) is 24.0. The second-order valence-electron chi connectivity index (χ2n) is 10.8. The molecule has 176 valence electrons. The van der Waals surface area contributed by atoms with Crippen molar-refractivity contribution in [1.29, 1.82) is 0 Å². The quantitative estimate of drug-likeness (QED) is 0.294. The van der Waals surface area contributed by atoms with E-state index in [4.69, 9.17) is 4.74 Å². The Bertz CT molecular complexity index is 975. The Labute approximate surface area is 188 Å². The maximum absolute atomic E-state index is 14.1. The van der Waals surface area contributed by atoms with Gasteiger partial charge in [0.05, 0.1) is 11.0 Å². The summed E-state index contributed by atoms with van der Waals surface area (Å²) >= 11 is 0. The summed E-state index contributed by atoms with van der Waals surface area (Å²) in [5, 5.41) is 45.8. The summed E-state index contributed by atoms with van der Waals surface area (Å²) in [6, 6.07) is 0. The van der Waals surface area contributed by atoms with E-state index >= 15 is 0 Å². The van der Waals surface area contributed by atoms with Crippen LogP contribution in [0, 0.1) is 28.6 Å². The number of rotatable bonds is 3. The summed E-state index contributed by atoms with van der Waals surface area (Å²) in [4.78, 5) is 26.3. The van der Waals surface area contributed by atoms with Crippen molar-refractivity contribution in [3.63, 3.8) is 0 Å². The fraction of sp³-hybridized carbons (Fsp3) is 0.680. The van der Waals surface area contributed by atoms with Crippen LogP contribution in [0.5, 0.6) is 0 Å². The lowest BCUT2D eigenvalue weighted by atomic mass is 9.59. The molecule has 32 heavy (non-hydrogen) atoms. The highest BCUT2D eigenvalue weighted by atomic mass is 16.5. The van der Waals surface area contributed by atoms with E-state index < -0.39 is 58.0 Å². The molecule has 2 bridgehead atoms. The van der Waals surface area contributed by atoms with E-state index in [-0.39, 0.29) is 24.4 Å². The predicted octanol–water partition coefficient (Wildman–Crippen LogP) is 1.45. The van der Waals surface area contributed by atoms with Crippen LogP contribution in [0.15, 0.2) is 34.9 Å². The molecule has 2 unspecified atom stereocenters. The van der Waals surface area contributed by atoms with Crippen molar-refractivity contribution < 1.29 is 34.8 Å². The maximum atomic E-state index is 14.1. The molecule has 7 nitrogen and oxygen atoms in total. The smallest absolute Gasteiger partial charge is 0.333 e. The number of ketones is 1. The van der Waals surface area contributed by atoms with Crippen molar-refractivity contribution in [2.24, 2.45) is 28.6 Å². The van der Waals surface area contributed by atoms with Gasteiger partial charge in [0.2, 0.25) is 0 Å². The number of aliphatic hydroxyl groups is 4. The van der Waals surface area contributed by atoms with E-state index in [0.717, 1.165) is 0 Å². The van der Waals surface area contributed by atoms with Gasteiger partial charge in [0.15, 0.2) is 5.78 Å². The van der Waals surface area contributed by atoms with E-state index in [1.165, 1.54) is 0 Å². The van der Waals surface area contributed by atoms with Gasteiger partial charge < -0.3 is 25.2 Å². The lowest BCUT2D eigenvalue weighted by Gasteiger charge is -2.48. The molecular formula is C25H34O7. The molecule has 0 aromatic heterocycles. The highest BCUT2D eigenvalue weighted by molar-refractivity contribution is 5.95. The van der Waals surface area contributed by atoms with Crippen LogP contribution in [-0.2, 0) is 14.3 Å². The van der Waals surface area contributed by atoms with E-state index in [2.05, 4.69) is 0 Å². The van der Waals surface area contributed by atoms with Gasteiger partial charge in [-0.25, -0.2) is 4.79 Å². The van der Waals surface area contributed by atoms with Crippen molar-refractivity contribution >= 4 is 11.8 Å². The van der Waals surface area contributed by atoms with Crippen molar-refractivity contribution in [3.05, 3.63) is 34.9 Å². The number of aliphatic hydroxyl groups excluding tert-OH is 2. The average Bonchev–Trinajstić information content (AvgIpc) is 3.11. The van der Waals surface area contributed by atoms with Gasteiger partial charge in [-0.3, -0.25) is 4.79 Å². The zero-order valence-electron chi connectivity index (χ0n) is 19.5. The van der Waals surface area contributed by atoms with Crippen molar-refractivity contribution in [2.45, 2.75) is 71.4 Å². The van der Waals surface area contributed by atoms with Crippen LogP contribution < -0.4 is 0 Å². The maximum Gasteiger partial charge on any atom is 0.333 e. The van der Waals surface area contributed by atoms with Crippen LogP contribution in [0.2, 0.25) is 0 Å². The first kappa shape index (κ1) is 23.4. The Morgan fingerprint density at radius 3 is 2.47 bits per heavy atom. The average molecular weight is 447 g/mol. The summed E-state index contributed by atoms with van der Waals surface area (Å²) in [7, 11) is 0. The molecule has 0 aliphatic heterocycles. The second kappa shape index (κ2) is 6.86. The lowest BCUT2D eigenvalue weighted by Crippen LogP contribution is -2.65. The molecule has 0 aromatic rings. The van der Waals surface area contributed by atoms with Crippen molar-refractivity contribution in [1.82, 2.24) is 0 Å². The highest BCUT2D eigenvalue weighted by Crippen LogP contribution is 2.73. The van der Waals surface area contributed by atoms with Gasteiger partial charge in [0.1, 0.15) is 24.4 Å². The lowest BCUT2D eigenvalue weighted by molar-refractivity contribution is -0.191. The number of fused-ring (bicyclic) bond motifs is 3. The van der Waals surface area contributed by atoms with E-state index in [1.54, 1.807) is 45.9 Å². The van der Waals surface area contributed by atoms with Gasteiger partial charge in [-0.15, -0.1) is 0 Å². The van der Waals surface area contributed by atoms with Crippen LogP contribution in [0.4, 0.5) is 0 Å². The number of hydrogen-bond acceptors (Lipinski definition) is 7. The third kappa shape index (κ3) is 2.51. The normalized spacial score (nSPS) is 46.9. The Morgan fingerprint density at radius 1 is 1.25 bits per heavy atom. The van der Waals surface area contributed by atoms with Gasteiger partial charge in [-0.1, -0.05) is 39.0 Å². The van der Waals surface area contributed by atoms with E-state index in [1.807, 2.05) is 13.8 Å². The minimum atomic E-state index is -2.23. The summed E-state index contributed by atoms with van der Waals surface area (Å²) in [6.45, 7) is 10.2. The Morgan fingerprint density at radius 2 is 1.88 bits per heavy atom. The summed E-state index contributed by atoms with van der Waals surface area (Å²) in [5.74, 6) is -2.64. The fourth-order valence-electron chi connectivity index (χ4n) is 6.90. The number of ether oxygens (including phenoxy) is 1. The first-order valence-electron chi connectivity index (χ1n) is 11.3. The molecule has 0 radical (unpaired) electrons.